The molecule has 16 aromatic carbocycles. The first-order chi connectivity index (χ1) is 62.5. The first-order valence-corrected chi connectivity index (χ1v) is 50.4. The summed E-state index contributed by atoms with van der Waals surface area (Å²) in [6.45, 7) is 6.74. The number of nitrogens with zero attached hydrogens (tertiary/aromatic N) is 2. The van der Waals surface area contributed by atoms with Crippen molar-refractivity contribution in [2.45, 2.75) is 103 Å². The van der Waals surface area contributed by atoms with E-state index in [1.54, 1.807) is 22.7 Å². The number of rotatable bonds is 8. The number of fused-ring (bicyclic) bond motifs is 31. The maximum Gasteiger partial charge on any atom is 0.489 e. The van der Waals surface area contributed by atoms with E-state index in [2.05, 4.69) is 366 Å². The summed E-state index contributed by atoms with van der Waals surface area (Å²) in [5.41, 5.74) is 32.4. The summed E-state index contributed by atoms with van der Waals surface area (Å²) in [4.78, 5) is 5.12. The molecule has 0 saturated heterocycles. The fourth-order valence-corrected chi connectivity index (χ4v) is 29.5. The van der Waals surface area contributed by atoms with Crippen molar-refractivity contribution in [1.29, 1.82) is 0 Å². The number of methoxy groups -OCH3 is 1. The average Bonchev–Trinajstić information content (AvgIpc) is 1.34. The molecule has 4 aliphatic heterocycles. The molecule has 127 heavy (non-hydrogen) atoms. The second-order valence-corrected chi connectivity index (χ2v) is 42.0. The molecule has 620 valence electrons. The monoisotopic (exact) mass is 1840 g/mol. The van der Waals surface area contributed by atoms with Crippen LogP contribution in [0.2, 0.25) is 0 Å². The molecule has 0 spiro atoms. The van der Waals surface area contributed by atoms with Crippen molar-refractivity contribution >= 4 is 210 Å². The van der Waals surface area contributed by atoms with Crippen LogP contribution in [0.25, 0.3) is 138 Å². The molecule has 0 bridgehead atoms. The number of hydrogen-bond donors (Lipinski definition) is 2. The number of thiophene rings is 3. The molecule has 0 amide bonds. The van der Waals surface area contributed by atoms with Gasteiger partial charge in [0.1, 0.15) is 5.75 Å². The highest BCUT2D eigenvalue weighted by Gasteiger charge is 2.45. The highest BCUT2D eigenvalue weighted by Crippen LogP contribution is 2.58. The zero-order valence-corrected chi connectivity index (χ0v) is 78.1. The number of hydrogen-bond acceptors (Lipinski definition) is 8. The average molecular weight is 1850 g/mol. The Morgan fingerprint density at radius 1 is 0.354 bits per heavy atom. The normalized spacial score (nSPS) is 14.0. The van der Waals surface area contributed by atoms with Gasteiger partial charge in [0.15, 0.2) is 0 Å². The molecule has 14 heteroatoms. The summed E-state index contributed by atoms with van der Waals surface area (Å²) in [7, 11) is 0.284. The predicted octanol–water partition coefficient (Wildman–Crippen LogP) is 29.4. The lowest BCUT2D eigenvalue weighted by Crippen LogP contribution is -2.59. The largest absolute Gasteiger partial charge is 0.496 e. The van der Waals surface area contributed by atoms with Crippen LogP contribution in [0.3, 0.4) is 0 Å². The van der Waals surface area contributed by atoms with Crippen molar-refractivity contribution in [2.75, 3.05) is 16.7 Å². The van der Waals surface area contributed by atoms with Crippen LogP contribution in [0.5, 0.6) is 5.75 Å². The Kier molecular flexibility index (Phi) is 23.5. The minimum atomic E-state index is -1.41. The molecule has 7 heterocycles. The SMILES string of the molecule is Brc1ccc2c(c1)-c1ccccc1B1c3ccccc3-c3cc(Br)ccc3N12.CCC.COc1cccc(C)c1-c1ccccc1P(C1CCCCC1)C1CCCCC1.OB(O)c1cccc2c1sc1ccccc12.c1ccc2c(c1)B1c3ccccc3-c3cc(-c4cccc5c4sc4ccccc45)ccc3N1c1ccc(-c3cccc4c3sc3ccccc34)cc1-2. The maximum absolute atomic E-state index is 9.31. The number of benzene rings is 16. The quantitative estimate of drug-likeness (QED) is 0.117. The van der Waals surface area contributed by atoms with Gasteiger partial charge in [0.2, 0.25) is 0 Å². The zero-order chi connectivity index (χ0) is 85.9. The molecule has 2 N–H and O–H groups in total. The van der Waals surface area contributed by atoms with Crippen molar-refractivity contribution in [3.8, 4) is 83.6 Å². The Morgan fingerprint density at radius 2 is 0.693 bits per heavy atom. The van der Waals surface area contributed by atoms with Crippen LogP contribution in [0, 0.1) is 6.92 Å². The van der Waals surface area contributed by atoms with Gasteiger partial charge in [-0.05, 0) is 222 Å². The minimum Gasteiger partial charge on any atom is -0.496 e. The van der Waals surface area contributed by atoms with Crippen molar-refractivity contribution < 1.29 is 14.8 Å². The van der Waals surface area contributed by atoms with E-state index in [1.165, 1.54) is 249 Å². The smallest absolute Gasteiger partial charge is 0.489 e. The van der Waals surface area contributed by atoms with Crippen molar-refractivity contribution in [1.82, 2.24) is 0 Å². The minimum absolute atomic E-state index is 0.0844. The molecule has 5 nitrogen and oxygen atoms in total. The van der Waals surface area contributed by atoms with Crippen LogP contribution >= 0.6 is 73.8 Å². The Bertz CT molecular complexity index is 7090. The molecule has 6 aliphatic rings. The van der Waals surface area contributed by atoms with Gasteiger partial charge in [-0.15, -0.1) is 34.0 Å². The van der Waals surface area contributed by atoms with Crippen molar-refractivity contribution in [2.24, 2.45) is 0 Å². The molecule has 0 atom stereocenters. The van der Waals surface area contributed by atoms with Crippen LogP contribution in [0.1, 0.15) is 90.0 Å². The molecule has 2 saturated carbocycles. The lowest BCUT2D eigenvalue weighted by atomic mass is 9.43. The lowest BCUT2D eigenvalue weighted by molar-refractivity contribution is 0.416. The standard InChI is InChI=1S/C48H28BNS2.C26H35OP.C24H14BBr2N.C12H9BO2S.C3H8/c1-5-19-41-33(11-1)39-27-29(31-15-9-17-37-35-13-3-7-21-45(35)51-47(31)37)23-25-43(39)50-44-26-24-30(28-40(44)34-12-2-6-20-42(34)49(41)50)32-16-10-18-38-36-14-4-8-22-46(36)52-48(32)38;1-20-12-11-18-24(27-2)26(20)23-17-9-10-19-25(23)28(21-13-5-3-6-14-21)22-15-7-4-8-16-22;26-15-9-11-23-19(13-15)17-5-1-3-7-21(17)25-22-8-4-2-6-18(22)20-14-16(27)10-12-24(20)28(23)25;14-13(15)10-6-3-5-9-8-4-1-2-7-11(8)16-12(9)10;1-3-2/h1-28H;9-12,17-19,21-22H,3-8,13-16H2,1-2H3;1-14H;1-7,14-15H;3H2,1-2H3. The molecule has 0 radical (unpaired) electrons. The Labute approximate surface area is 775 Å². The number of ether oxygens (including phenoxy) is 1. The molecular weight excluding hydrogens is 1750 g/mol. The van der Waals surface area contributed by atoms with Gasteiger partial charge in [0.25, 0.3) is 0 Å². The van der Waals surface area contributed by atoms with Gasteiger partial charge in [0, 0.05) is 115 Å². The Balaban J connectivity index is 0.000000111. The third-order valence-corrected chi connectivity index (χ3v) is 34.8. The summed E-state index contributed by atoms with van der Waals surface area (Å²) in [5, 5.41) is 27.9. The lowest BCUT2D eigenvalue weighted by Gasteiger charge is -2.43. The van der Waals surface area contributed by atoms with E-state index in [9.17, 15) is 10.0 Å². The summed E-state index contributed by atoms with van der Waals surface area (Å²) in [5.74, 6) is 1.02. The van der Waals surface area contributed by atoms with Crippen LogP contribution < -0.4 is 47.0 Å². The van der Waals surface area contributed by atoms with Gasteiger partial charge >= 0.3 is 20.8 Å². The first-order valence-electron chi connectivity index (χ1n) is 44.9. The van der Waals surface area contributed by atoms with E-state index < -0.39 is 7.12 Å². The van der Waals surface area contributed by atoms with E-state index in [0.717, 1.165) is 36.1 Å². The fraction of sp³-hybridized carbons (Fsp3) is 0.150. The van der Waals surface area contributed by atoms with Crippen molar-refractivity contribution in [3.05, 3.63) is 354 Å². The van der Waals surface area contributed by atoms with Gasteiger partial charge in [0.05, 0.1) is 7.11 Å². The predicted molar refractivity (Wildman–Crippen MR) is 562 cm³/mol. The highest BCUT2D eigenvalue weighted by molar-refractivity contribution is 9.10. The molecule has 0 unspecified atom stereocenters. The Morgan fingerprint density at radius 3 is 1.12 bits per heavy atom. The molecular formula is C113H94B3Br2N2O3PS3. The van der Waals surface area contributed by atoms with Gasteiger partial charge in [-0.1, -0.05) is 353 Å². The Hall–Kier alpha value is -10.9. The maximum atomic E-state index is 9.31. The van der Waals surface area contributed by atoms with Gasteiger partial charge < -0.3 is 24.4 Å². The van der Waals surface area contributed by atoms with E-state index in [-0.39, 0.29) is 21.6 Å². The molecule has 25 rings (SSSR count). The van der Waals surface area contributed by atoms with Crippen LogP contribution in [-0.2, 0) is 0 Å². The highest BCUT2D eigenvalue weighted by atomic mass is 79.9. The summed E-state index contributed by atoms with van der Waals surface area (Å²) in [6, 6.07) is 124. The molecule has 2 fully saturated rings. The third kappa shape index (κ3) is 15.2. The van der Waals surface area contributed by atoms with Crippen LogP contribution in [0.4, 0.5) is 22.7 Å². The van der Waals surface area contributed by atoms with E-state index in [0.29, 0.717) is 5.46 Å². The van der Waals surface area contributed by atoms with E-state index in [4.69, 9.17) is 4.74 Å². The summed E-state index contributed by atoms with van der Waals surface area (Å²) < 4.78 is 15.5. The van der Waals surface area contributed by atoms with E-state index in [1.807, 2.05) is 60.1 Å². The van der Waals surface area contributed by atoms with Crippen molar-refractivity contribution in [3.63, 3.8) is 0 Å². The van der Waals surface area contributed by atoms with Gasteiger partial charge in [-0.3, -0.25) is 0 Å². The summed E-state index contributed by atoms with van der Waals surface area (Å²) in [6.07, 6.45) is 15.7. The zero-order valence-electron chi connectivity index (χ0n) is 71.6. The second kappa shape index (κ2) is 36.0. The molecule has 2 aliphatic carbocycles. The fourth-order valence-electron chi connectivity index (χ4n) is 21.2. The van der Waals surface area contributed by atoms with E-state index >= 15 is 0 Å². The molecule has 19 aromatic rings. The number of anilines is 4. The van der Waals surface area contributed by atoms with Crippen LogP contribution in [-0.4, -0.2) is 49.3 Å². The topological polar surface area (TPSA) is 56.2 Å². The molecule has 3 aromatic heterocycles. The first kappa shape index (κ1) is 83.0. The van der Waals surface area contributed by atoms with Gasteiger partial charge in [-0.25, -0.2) is 0 Å². The number of aryl methyl sites for hydroxylation is 1. The third-order valence-electron chi connectivity index (χ3n) is 26.6. The van der Waals surface area contributed by atoms with Gasteiger partial charge in [-0.2, -0.15) is 0 Å². The second-order valence-electron chi connectivity index (χ2n) is 34.3. The number of halogens is 2. The van der Waals surface area contributed by atoms with Crippen LogP contribution in [0.15, 0.2) is 349 Å². The summed E-state index contributed by atoms with van der Waals surface area (Å²) >= 11 is 12.7.